The Bertz CT molecular complexity index is 506. The van der Waals surface area contributed by atoms with Gasteiger partial charge in [0.05, 0.1) is 13.7 Å². The number of hydrogen-bond acceptors (Lipinski definition) is 7. The summed E-state index contributed by atoms with van der Waals surface area (Å²) in [6, 6.07) is 4.47. The van der Waals surface area contributed by atoms with Crippen LogP contribution in [0.2, 0.25) is 0 Å². The number of nitrogens with one attached hydrogen (secondary N) is 2. The lowest BCUT2D eigenvalue weighted by Gasteiger charge is -2.06. The first-order valence-electron chi connectivity index (χ1n) is 5.48. The Morgan fingerprint density at radius 3 is 2.61 bits per heavy atom. The quantitative estimate of drug-likeness (QED) is 0.860. The summed E-state index contributed by atoms with van der Waals surface area (Å²) in [4.78, 5) is 14.9. The molecule has 18 heavy (non-hydrogen) atoms. The highest BCUT2D eigenvalue weighted by Gasteiger charge is 2.05. The standard InChI is InChI=1S/C11H15N5OS/c1-7-4-5-8(18-7)6-13-10-14-9(12-2)15-11(16-10)17-3/h4-5H,6H2,1-3H3,(H2,12,13,14,15,16). The van der Waals surface area contributed by atoms with E-state index in [2.05, 4.69) is 44.6 Å². The fourth-order valence-corrected chi connectivity index (χ4v) is 2.22. The van der Waals surface area contributed by atoms with Gasteiger partial charge in [-0.15, -0.1) is 11.3 Å². The molecule has 0 radical (unpaired) electrons. The molecule has 0 aliphatic carbocycles. The Kier molecular flexibility index (Phi) is 3.93. The van der Waals surface area contributed by atoms with Crippen LogP contribution >= 0.6 is 11.3 Å². The molecule has 0 amide bonds. The van der Waals surface area contributed by atoms with Gasteiger partial charge in [0.1, 0.15) is 0 Å². The van der Waals surface area contributed by atoms with Gasteiger partial charge < -0.3 is 15.4 Å². The van der Waals surface area contributed by atoms with Crippen molar-refractivity contribution < 1.29 is 4.74 Å². The Labute approximate surface area is 109 Å². The van der Waals surface area contributed by atoms with Crippen LogP contribution in [0.3, 0.4) is 0 Å². The molecule has 0 aliphatic rings. The van der Waals surface area contributed by atoms with Crippen LogP contribution < -0.4 is 15.4 Å². The number of methoxy groups -OCH3 is 1. The summed E-state index contributed by atoms with van der Waals surface area (Å²) in [5.41, 5.74) is 0. The third kappa shape index (κ3) is 3.07. The number of nitrogens with zero attached hydrogens (tertiary/aromatic N) is 3. The Hall–Kier alpha value is -1.89. The van der Waals surface area contributed by atoms with Crippen LogP contribution in [-0.4, -0.2) is 29.1 Å². The zero-order valence-electron chi connectivity index (χ0n) is 10.5. The van der Waals surface area contributed by atoms with Crippen LogP contribution in [0.1, 0.15) is 9.75 Å². The maximum atomic E-state index is 5.01. The van der Waals surface area contributed by atoms with Gasteiger partial charge in [0.2, 0.25) is 11.9 Å². The zero-order valence-corrected chi connectivity index (χ0v) is 11.3. The highest BCUT2D eigenvalue weighted by molar-refractivity contribution is 7.11. The molecule has 0 unspecified atom stereocenters. The maximum absolute atomic E-state index is 5.01. The molecule has 7 heteroatoms. The van der Waals surface area contributed by atoms with Crippen molar-refractivity contribution in [3.05, 3.63) is 21.9 Å². The van der Waals surface area contributed by atoms with E-state index < -0.39 is 0 Å². The fourth-order valence-electron chi connectivity index (χ4n) is 1.38. The second kappa shape index (κ2) is 5.63. The van der Waals surface area contributed by atoms with E-state index in [1.165, 1.54) is 16.9 Å². The zero-order chi connectivity index (χ0) is 13.0. The van der Waals surface area contributed by atoms with Gasteiger partial charge in [-0.1, -0.05) is 0 Å². The van der Waals surface area contributed by atoms with E-state index in [0.29, 0.717) is 24.5 Å². The minimum Gasteiger partial charge on any atom is -0.467 e. The number of rotatable bonds is 5. The van der Waals surface area contributed by atoms with Gasteiger partial charge in [0, 0.05) is 16.8 Å². The van der Waals surface area contributed by atoms with Gasteiger partial charge >= 0.3 is 6.01 Å². The van der Waals surface area contributed by atoms with Crippen LogP contribution in [0.15, 0.2) is 12.1 Å². The van der Waals surface area contributed by atoms with Crippen molar-refractivity contribution in [3.8, 4) is 6.01 Å². The number of thiophene rings is 1. The molecule has 0 saturated heterocycles. The summed E-state index contributed by atoms with van der Waals surface area (Å²) in [7, 11) is 3.28. The molecule has 2 rings (SSSR count). The monoisotopic (exact) mass is 265 g/mol. The summed E-state index contributed by atoms with van der Waals surface area (Å²) in [6.45, 7) is 2.77. The Morgan fingerprint density at radius 2 is 2.00 bits per heavy atom. The predicted molar refractivity (Wildman–Crippen MR) is 72.3 cm³/mol. The largest absolute Gasteiger partial charge is 0.467 e. The average molecular weight is 265 g/mol. The molecule has 96 valence electrons. The van der Waals surface area contributed by atoms with Crippen molar-refractivity contribution >= 4 is 23.2 Å². The van der Waals surface area contributed by atoms with Crippen molar-refractivity contribution in [1.82, 2.24) is 15.0 Å². The molecular formula is C11H15N5OS. The highest BCUT2D eigenvalue weighted by atomic mass is 32.1. The molecule has 0 saturated carbocycles. The van der Waals surface area contributed by atoms with Crippen LogP contribution in [0.25, 0.3) is 0 Å². The van der Waals surface area contributed by atoms with E-state index in [1.54, 1.807) is 18.4 Å². The lowest BCUT2D eigenvalue weighted by molar-refractivity contribution is 0.379. The van der Waals surface area contributed by atoms with E-state index in [-0.39, 0.29) is 0 Å². The molecule has 2 aromatic heterocycles. The lowest BCUT2D eigenvalue weighted by atomic mass is 10.4. The molecule has 6 nitrogen and oxygen atoms in total. The van der Waals surface area contributed by atoms with Gasteiger partial charge in [0.15, 0.2) is 0 Å². The van der Waals surface area contributed by atoms with Crippen LogP contribution in [0, 0.1) is 6.92 Å². The summed E-state index contributed by atoms with van der Waals surface area (Å²) in [5, 5.41) is 6.02. The lowest BCUT2D eigenvalue weighted by Crippen LogP contribution is -2.07. The van der Waals surface area contributed by atoms with Crippen molar-refractivity contribution in [2.24, 2.45) is 0 Å². The molecule has 2 aromatic rings. The smallest absolute Gasteiger partial charge is 0.322 e. The van der Waals surface area contributed by atoms with Gasteiger partial charge in [-0.25, -0.2) is 0 Å². The van der Waals surface area contributed by atoms with Crippen molar-refractivity contribution in [3.63, 3.8) is 0 Å². The van der Waals surface area contributed by atoms with Crippen LogP contribution in [0.5, 0.6) is 6.01 Å². The molecule has 0 aliphatic heterocycles. The number of aryl methyl sites for hydroxylation is 1. The SMILES string of the molecule is CNc1nc(NCc2ccc(C)s2)nc(OC)n1. The first-order valence-corrected chi connectivity index (χ1v) is 6.30. The number of anilines is 2. The maximum Gasteiger partial charge on any atom is 0.322 e. The van der Waals surface area contributed by atoms with E-state index in [0.717, 1.165) is 0 Å². The Balaban J connectivity index is 2.08. The van der Waals surface area contributed by atoms with Crippen molar-refractivity contribution in [2.75, 3.05) is 24.8 Å². The third-order valence-electron chi connectivity index (χ3n) is 2.24. The molecule has 0 aromatic carbocycles. The van der Waals surface area contributed by atoms with Gasteiger partial charge in [-0.05, 0) is 19.1 Å². The van der Waals surface area contributed by atoms with Crippen LogP contribution in [-0.2, 0) is 6.54 Å². The van der Waals surface area contributed by atoms with E-state index >= 15 is 0 Å². The van der Waals surface area contributed by atoms with Crippen molar-refractivity contribution in [1.29, 1.82) is 0 Å². The summed E-state index contributed by atoms with van der Waals surface area (Å²) < 4.78 is 5.01. The highest BCUT2D eigenvalue weighted by Crippen LogP contribution is 2.17. The second-order valence-corrected chi connectivity index (χ2v) is 4.96. The van der Waals surface area contributed by atoms with E-state index in [1.807, 2.05) is 0 Å². The minimum atomic E-state index is 0.291. The molecule has 2 N–H and O–H groups in total. The Morgan fingerprint density at radius 1 is 1.22 bits per heavy atom. The number of hydrogen-bond donors (Lipinski definition) is 2. The topological polar surface area (TPSA) is 72.0 Å². The van der Waals surface area contributed by atoms with E-state index in [4.69, 9.17) is 4.74 Å². The summed E-state index contributed by atoms with van der Waals surface area (Å²) in [5.74, 6) is 0.976. The molecule has 0 atom stereocenters. The molecule has 2 heterocycles. The number of ether oxygens (including phenoxy) is 1. The minimum absolute atomic E-state index is 0.291. The second-order valence-electron chi connectivity index (χ2n) is 3.59. The summed E-state index contributed by atoms with van der Waals surface area (Å²) >= 11 is 1.75. The van der Waals surface area contributed by atoms with Crippen molar-refractivity contribution in [2.45, 2.75) is 13.5 Å². The predicted octanol–water partition coefficient (Wildman–Crippen LogP) is 1.90. The first-order chi connectivity index (χ1) is 8.71. The normalized spacial score (nSPS) is 10.2. The number of aromatic nitrogens is 3. The summed E-state index contributed by atoms with van der Waals surface area (Å²) in [6.07, 6.45) is 0. The third-order valence-corrected chi connectivity index (χ3v) is 3.24. The molecule has 0 fully saturated rings. The average Bonchev–Trinajstić information content (AvgIpc) is 2.81. The molecule has 0 bridgehead atoms. The van der Waals surface area contributed by atoms with Gasteiger partial charge in [0.25, 0.3) is 0 Å². The van der Waals surface area contributed by atoms with Gasteiger partial charge in [-0.2, -0.15) is 15.0 Å². The van der Waals surface area contributed by atoms with Gasteiger partial charge in [-0.3, -0.25) is 0 Å². The van der Waals surface area contributed by atoms with E-state index in [9.17, 15) is 0 Å². The molecular weight excluding hydrogens is 250 g/mol. The first kappa shape index (κ1) is 12.6. The molecule has 0 spiro atoms. The van der Waals surface area contributed by atoms with Crippen LogP contribution in [0.4, 0.5) is 11.9 Å². The fraction of sp³-hybridized carbons (Fsp3) is 0.364.